The SMILES string of the molecule is Cc1cc(C)cc(N(C)S(=O)(=O)C2CCNC2)c1. The maximum Gasteiger partial charge on any atom is 0.239 e. The highest BCUT2D eigenvalue weighted by Gasteiger charge is 2.32. The molecule has 0 saturated carbocycles. The molecule has 1 aliphatic rings. The summed E-state index contributed by atoms with van der Waals surface area (Å²) in [6.07, 6.45) is 0.692. The van der Waals surface area contributed by atoms with Crippen LogP contribution >= 0.6 is 0 Å². The second-order valence-corrected chi connectivity index (χ2v) is 7.22. The zero-order valence-corrected chi connectivity index (χ0v) is 11.9. The van der Waals surface area contributed by atoms with E-state index in [0.29, 0.717) is 13.0 Å². The third kappa shape index (κ3) is 2.52. The van der Waals surface area contributed by atoms with E-state index in [1.807, 2.05) is 32.0 Å². The highest BCUT2D eigenvalue weighted by molar-refractivity contribution is 7.93. The number of rotatable bonds is 3. The minimum Gasteiger partial charge on any atom is -0.315 e. The van der Waals surface area contributed by atoms with Gasteiger partial charge in [-0.3, -0.25) is 4.31 Å². The Balaban J connectivity index is 2.32. The van der Waals surface area contributed by atoms with E-state index >= 15 is 0 Å². The summed E-state index contributed by atoms with van der Waals surface area (Å²) >= 11 is 0. The topological polar surface area (TPSA) is 49.4 Å². The predicted octanol–water partition coefficient (Wildman–Crippen LogP) is 1.43. The number of benzene rings is 1. The lowest BCUT2D eigenvalue weighted by atomic mass is 10.1. The van der Waals surface area contributed by atoms with Crippen LogP contribution in [-0.2, 0) is 10.0 Å². The third-order valence-corrected chi connectivity index (χ3v) is 5.61. The summed E-state index contributed by atoms with van der Waals surface area (Å²) in [6, 6.07) is 5.86. The average molecular weight is 268 g/mol. The molecule has 5 heteroatoms. The van der Waals surface area contributed by atoms with Crippen LogP contribution in [0.25, 0.3) is 0 Å². The maximum absolute atomic E-state index is 12.4. The van der Waals surface area contributed by atoms with Gasteiger partial charge >= 0.3 is 0 Å². The molecule has 1 unspecified atom stereocenters. The normalized spacial score (nSPS) is 20.1. The molecule has 1 N–H and O–H groups in total. The maximum atomic E-state index is 12.4. The van der Waals surface area contributed by atoms with Gasteiger partial charge in [-0.1, -0.05) is 6.07 Å². The van der Waals surface area contributed by atoms with Crippen molar-refractivity contribution in [2.24, 2.45) is 0 Å². The van der Waals surface area contributed by atoms with Gasteiger partial charge in [-0.05, 0) is 50.1 Å². The van der Waals surface area contributed by atoms with Crippen LogP contribution in [-0.4, -0.2) is 33.8 Å². The Labute approximate surface area is 109 Å². The van der Waals surface area contributed by atoms with E-state index in [1.54, 1.807) is 7.05 Å². The van der Waals surface area contributed by atoms with Crippen molar-refractivity contribution in [2.75, 3.05) is 24.4 Å². The lowest BCUT2D eigenvalue weighted by molar-refractivity contribution is 0.581. The first-order valence-electron chi connectivity index (χ1n) is 6.18. The summed E-state index contributed by atoms with van der Waals surface area (Å²) in [6.45, 7) is 5.30. The largest absolute Gasteiger partial charge is 0.315 e. The molecule has 0 bridgehead atoms. The Hall–Kier alpha value is -1.07. The molecule has 1 fully saturated rings. The summed E-state index contributed by atoms with van der Waals surface area (Å²) in [5.74, 6) is 0. The van der Waals surface area contributed by atoms with Gasteiger partial charge in [0.05, 0.1) is 10.9 Å². The highest BCUT2D eigenvalue weighted by atomic mass is 32.2. The minimum atomic E-state index is -3.25. The van der Waals surface area contributed by atoms with Gasteiger partial charge in [0.1, 0.15) is 0 Å². The molecule has 1 aromatic carbocycles. The lowest BCUT2D eigenvalue weighted by Crippen LogP contribution is -2.37. The first-order valence-corrected chi connectivity index (χ1v) is 7.68. The highest BCUT2D eigenvalue weighted by Crippen LogP contribution is 2.23. The number of anilines is 1. The fraction of sp³-hybridized carbons (Fsp3) is 0.538. The Kier molecular flexibility index (Phi) is 3.64. The summed E-state index contributed by atoms with van der Waals surface area (Å²) < 4.78 is 26.3. The molecule has 100 valence electrons. The van der Waals surface area contributed by atoms with Crippen molar-refractivity contribution >= 4 is 15.7 Å². The number of hydrogen-bond donors (Lipinski definition) is 1. The Morgan fingerprint density at radius 1 is 1.22 bits per heavy atom. The summed E-state index contributed by atoms with van der Waals surface area (Å²) in [5.41, 5.74) is 2.91. The average Bonchev–Trinajstić information content (AvgIpc) is 2.80. The monoisotopic (exact) mass is 268 g/mol. The molecule has 18 heavy (non-hydrogen) atoms. The fourth-order valence-corrected chi connectivity index (χ4v) is 3.98. The first kappa shape index (κ1) is 13.4. The summed E-state index contributed by atoms with van der Waals surface area (Å²) in [4.78, 5) is 0. The van der Waals surface area contributed by atoms with E-state index in [9.17, 15) is 8.42 Å². The zero-order valence-electron chi connectivity index (χ0n) is 11.1. The quantitative estimate of drug-likeness (QED) is 0.902. The van der Waals surface area contributed by atoms with Gasteiger partial charge < -0.3 is 5.32 Å². The molecule has 0 aliphatic carbocycles. The van der Waals surface area contributed by atoms with Gasteiger partial charge in [-0.2, -0.15) is 0 Å². The number of aryl methyl sites for hydroxylation is 2. The summed E-state index contributed by atoms with van der Waals surface area (Å²) in [7, 11) is -1.61. The van der Waals surface area contributed by atoms with Gasteiger partial charge in [0.15, 0.2) is 0 Å². The number of nitrogens with zero attached hydrogens (tertiary/aromatic N) is 1. The van der Waals surface area contributed by atoms with Crippen molar-refractivity contribution < 1.29 is 8.42 Å². The van der Waals surface area contributed by atoms with Crippen molar-refractivity contribution in [3.63, 3.8) is 0 Å². The molecule has 0 spiro atoms. The van der Waals surface area contributed by atoms with E-state index in [2.05, 4.69) is 5.32 Å². The molecule has 1 heterocycles. The Bertz CT molecular complexity index is 514. The molecule has 4 nitrogen and oxygen atoms in total. The van der Waals surface area contributed by atoms with Gasteiger partial charge in [0, 0.05) is 13.6 Å². The standard InChI is InChI=1S/C13H20N2O2S/c1-10-6-11(2)8-12(7-10)15(3)18(16,17)13-4-5-14-9-13/h6-8,13-14H,4-5,9H2,1-3H3. The molecule has 0 amide bonds. The second-order valence-electron chi connectivity index (χ2n) is 4.97. The molecule has 0 radical (unpaired) electrons. The summed E-state index contributed by atoms with van der Waals surface area (Å²) in [5, 5.41) is 2.80. The molecule has 1 aliphatic heterocycles. The van der Waals surface area contributed by atoms with Crippen LogP contribution in [0.3, 0.4) is 0 Å². The van der Waals surface area contributed by atoms with E-state index < -0.39 is 10.0 Å². The minimum absolute atomic E-state index is 0.302. The van der Waals surface area contributed by atoms with Crippen LogP contribution in [0, 0.1) is 13.8 Å². The Morgan fingerprint density at radius 2 is 1.83 bits per heavy atom. The second kappa shape index (κ2) is 4.90. The van der Waals surface area contributed by atoms with Crippen LogP contribution in [0.15, 0.2) is 18.2 Å². The number of hydrogen-bond acceptors (Lipinski definition) is 3. The molecular formula is C13H20N2O2S. The van der Waals surface area contributed by atoms with Crippen LogP contribution in [0.2, 0.25) is 0 Å². The van der Waals surface area contributed by atoms with Crippen molar-refractivity contribution in [3.8, 4) is 0 Å². The lowest BCUT2D eigenvalue weighted by Gasteiger charge is -2.23. The molecular weight excluding hydrogens is 248 g/mol. The molecule has 1 saturated heterocycles. The van der Waals surface area contributed by atoms with Crippen molar-refractivity contribution in [2.45, 2.75) is 25.5 Å². The zero-order chi connectivity index (χ0) is 13.3. The third-order valence-electron chi connectivity index (χ3n) is 3.39. The van der Waals surface area contributed by atoms with Gasteiger partial charge in [0.25, 0.3) is 0 Å². The molecule has 0 aromatic heterocycles. The van der Waals surface area contributed by atoms with Crippen LogP contribution < -0.4 is 9.62 Å². The van der Waals surface area contributed by atoms with E-state index in [1.165, 1.54) is 4.31 Å². The molecule has 1 atom stereocenters. The van der Waals surface area contributed by atoms with Gasteiger partial charge in [-0.15, -0.1) is 0 Å². The first-order chi connectivity index (χ1) is 8.41. The van der Waals surface area contributed by atoms with Crippen LogP contribution in [0.5, 0.6) is 0 Å². The fourth-order valence-electron chi connectivity index (χ4n) is 2.39. The van der Waals surface area contributed by atoms with E-state index in [0.717, 1.165) is 23.4 Å². The molecule has 2 rings (SSSR count). The smallest absolute Gasteiger partial charge is 0.239 e. The van der Waals surface area contributed by atoms with Crippen LogP contribution in [0.1, 0.15) is 17.5 Å². The van der Waals surface area contributed by atoms with Crippen LogP contribution in [0.4, 0.5) is 5.69 Å². The predicted molar refractivity (Wildman–Crippen MR) is 74.5 cm³/mol. The van der Waals surface area contributed by atoms with E-state index in [-0.39, 0.29) is 5.25 Å². The van der Waals surface area contributed by atoms with Crippen molar-refractivity contribution in [1.29, 1.82) is 0 Å². The Morgan fingerprint density at radius 3 is 2.33 bits per heavy atom. The number of nitrogens with one attached hydrogen (secondary N) is 1. The van der Waals surface area contributed by atoms with Gasteiger partial charge in [0.2, 0.25) is 10.0 Å². The van der Waals surface area contributed by atoms with Crippen molar-refractivity contribution in [3.05, 3.63) is 29.3 Å². The van der Waals surface area contributed by atoms with E-state index in [4.69, 9.17) is 0 Å². The van der Waals surface area contributed by atoms with Crippen molar-refractivity contribution in [1.82, 2.24) is 5.32 Å². The van der Waals surface area contributed by atoms with Gasteiger partial charge in [-0.25, -0.2) is 8.42 Å². The number of sulfonamides is 1. The molecule has 1 aromatic rings.